The molecule has 0 aromatic rings. The number of piperidine rings is 1. The van der Waals surface area contributed by atoms with Crippen LogP contribution in [0.4, 0.5) is 4.79 Å². The molecule has 0 radical (unpaired) electrons. The van der Waals surface area contributed by atoms with Crippen molar-refractivity contribution in [2.75, 3.05) is 26.3 Å². The second-order valence-corrected chi connectivity index (χ2v) is 5.43. The Balaban J connectivity index is 1.78. The molecule has 0 saturated carbocycles. The van der Waals surface area contributed by atoms with Gasteiger partial charge in [-0.25, -0.2) is 4.79 Å². The molecule has 2 unspecified atom stereocenters. The number of aliphatic hydroxyl groups excluding tert-OH is 1. The number of β-amino-alcohol motifs (C(OH)–C–C–N with tert-alkyl or cyclic N) is 1. The number of nitrogens with one attached hydrogen (secondary N) is 1. The van der Waals surface area contributed by atoms with Crippen LogP contribution in [-0.4, -0.2) is 54.5 Å². The smallest absolute Gasteiger partial charge is 0.317 e. The van der Waals surface area contributed by atoms with E-state index in [-0.39, 0.29) is 18.2 Å². The highest BCUT2D eigenvalue weighted by atomic mass is 16.5. The number of hydrogen-bond acceptors (Lipinski definition) is 3. The first-order valence-electron chi connectivity index (χ1n) is 6.98. The molecule has 0 bridgehead atoms. The van der Waals surface area contributed by atoms with Gasteiger partial charge in [0.15, 0.2) is 0 Å². The van der Waals surface area contributed by atoms with Gasteiger partial charge in [-0.3, -0.25) is 0 Å². The van der Waals surface area contributed by atoms with Gasteiger partial charge in [-0.05, 0) is 38.5 Å². The Bertz CT molecular complexity index is 279. The van der Waals surface area contributed by atoms with Crippen molar-refractivity contribution in [3.05, 3.63) is 0 Å². The van der Waals surface area contributed by atoms with Crippen LogP contribution in [0.15, 0.2) is 0 Å². The van der Waals surface area contributed by atoms with Gasteiger partial charge in [0.2, 0.25) is 0 Å². The van der Waals surface area contributed by atoms with Gasteiger partial charge in [0.05, 0.1) is 6.10 Å². The molecule has 2 aliphatic rings. The molecule has 2 aliphatic heterocycles. The van der Waals surface area contributed by atoms with Gasteiger partial charge in [0, 0.05) is 32.3 Å². The molecule has 0 aromatic heterocycles. The number of ether oxygens (including phenoxy) is 1. The molecule has 18 heavy (non-hydrogen) atoms. The topological polar surface area (TPSA) is 61.8 Å². The fraction of sp³-hybridized carbons (Fsp3) is 0.923. The van der Waals surface area contributed by atoms with E-state index in [2.05, 4.69) is 12.2 Å². The van der Waals surface area contributed by atoms with Crippen LogP contribution in [0.2, 0.25) is 0 Å². The Morgan fingerprint density at radius 2 is 2.11 bits per heavy atom. The van der Waals surface area contributed by atoms with E-state index in [1.807, 2.05) is 0 Å². The summed E-state index contributed by atoms with van der Waals surface area (Å²) in [6.45, 7) is 4.88. The molecule has 0 aliphatic carbocycles. The van der Waals surface area contributed by atoms with Gasteiger partial charge >= 0.3 is 6.03 Å². The molecule has 2 atom stereocenters. The van der Waals surface area contributed by atoms with Crippen molar-refractivity contribution in [1.29, 1.82) is 0 Å². The van der Waals surface area contributed by atoms with Gasteiger partial charge in [-0.2, -0.15) is 0 Å². The molecule has 2 rings (SSSR count). The summed E-state index contributed by atoms with van der Waals surface area (Å²) < 4.78 is 5.33. The molecular weight excluding hydrogens is 232 g/mol. The first-order chi connectivity index (χ1) is 8.66. The van der Waals surface area contributed by atoms with Crippen LogP contribution in [0.5, 0.6) is 0 Å². The first kappa shape index (κ1) is 13.6. The lowest BCUT2D eigenvalue weighted by molar-refractivity contribution is 0.0538. The summed E-state index contributed by atoms with van der Waals surface area (Å²) in [5.74, 6) is 0.511. The van der Waals surface area contributed by atoms with Gasteiger partial charge in [-0.1, -0.05) is 0 Å². The zero-order valence-electron chi connectivity index (χ0n) is 11.1. The maximum Gasteiger partial charge on any atom is 0.317 e. The van der Waals surface area contributed by atoms with Crippen LogP contribution < -0.4 is 5.32 Å². The Kier molecular flexibility index (Phi) is 4.83. The molecule has 104 valence electrons. The van der Waals surface area contributed by atoms with Crippen LogP contribution >= 0.6 is 0 Å². The predicted octanol–water partition coefficient (Wildman–Crippen LogP) is 0.968. The monoisotopic (exact) mass is 256 g/mol. The third-order valence-corrected chi connectivity index (χ3v) is 4.01. The molecule has 2 heterocycles. The molecule has 2 saturated heterocycles. The highest BCUT2D eigenvalue weighted by molar-refractivity contribution is 5.74. The summed E-state index contributed by atoms with van der Waals surface area (Å²) in [5.41, 5.74) is 0. The standard InChI is InChI=1S/C13H24N2O3/c1-10(11-4-7-18-8-5-11)14-13(17)15-6-2-3-12(16)9-15/h10-12,16H,2-9H2,1H3,(H,14,17). The molecule has 0 aromatic carbocycles. The van der Waals surface area contributed by atoms with Crippen molar-refractivity contribution < 1.29 is 14.6 Å². The van der Waals surface area contributed by atoms with Crippen LogP contribution in [0.3, 0.4) is 0 Å². The second-order valence-electron chi connectivity index (χ2n) is 5.43. The lowest BCUT2D eigenvalue weighted by Crippen LogP contribution is -2.51. The predicted molar refractivity (Wildman–Crippen MR) is 68.4 cm³/mol. The minimum absolute atomic E-state index is 0.0345. The number of hydrogen-bond donors (Lipinski definition) is 2. The van der Waals surface area contributed by atoms with Crippen molar-refractivity contribution in [1.82, 2.24) is 10.2 Å². The number of carbonyl (C=O) groups excluding carboxylic acids is 1. The highest BCUT2D eigenvalue weighted by Crippen LogP contribution is 2.19. The number of aliphatic hydroxyl groups is 1. The minimum Gasteiger partial charge on any atom is -0.391 e. The summed E-state index contributed by atoms with van der Waals surface area (Å²) in [4.78, 5) is 13.8. The van der Waals surface area contributed by atoms with Crippen molar-refractivity contribution >= 4 is 6.03 Å². The summed E-state index contributed by atoms with van der Waals surface area (Å²) in [5, 5.41) is 12.6. The van der Waals surface area contributed by atoms with E-state index in [1.54, 1.807) is 4.90 Å². The van der Waals surface area contributed by atoms with Crippen LogP contribution in [-0.2, 0) is 4.74 Å². The van der Waals surface area contributed by atoms with E-state index in [0.717, 1.165) is 45.4 Å². The third-order valence-electron chi connectivity index (χ3n) is 4.01. The summed E-state index contributed by atoms with van der Waals surface area (Å²) in [6, 6.07) is 0.146. The molecule has 5 nitrogen and oxygen atoms in total. The Hall–Kier alpha value is -0.810. The van der Waals surface area contributed by atoms with Crippen molar-refractivity contribution in [3.8, 4) is 0 Å². The SMILES string of the molecule is CC(NC(=O)N1CCCC(O)C1)C1CCOCC1. The first-order valence-corrected chi connectivity index (χ1v) is 6.98. The van der Waals surface area contributed by atoms with Crippen molar-refractivity contribution in [2.45, 2.75) is 44.8 Å². The maximum absolute atomic E-state index is 12.1. The van der Waals surface area contributed by atoms with E-state index in [4.69, 9.17) is 4.74 Å². The van der Waals surface area contributed by atoms with E-state index in [0.29, 0.717) is 12.5 Å². The van der Waals surface area contributed by atoms with Gasteiger partial charge in [0.1, 0.15) is 0 Å². The van der Waals surface area contributed by atoms with Crippen molar-refractivity contribution in [3.63, 3.8) is 0 Å². The molecular formula is C13H24N2O3. The Morgan fingerprint density at radius 1 is 1.39 bits per heavy atom. The van der Waals surface area contributed by atoms with Crippen molar-refractivity contribution in [2.24, 2.45) is 5.92 Å². The molecule has 5 heteroatoms. The lowest BCUT2D eigenvalue weighted by Gasteiger charge is -2.33. The summed E-state index contributed by atoms with van der Waals surface area (Å²) in [6.07, 6.45) is 3.37. The summed E-state index contributed by atoms with van der Waals surface area (Å²) in [7, 11) is 0. The average molecular weight is 256 g/mol. The zero-order chi connectivity index (χ0) is 13.0. The molecule has 2 fully saturated rings. The van der Waals surface area contributed by atoms with Gasteiger partial charge in [-0.15, -0.1) is 0 Å². The Morgan fingerprint density at radius 3 is 2.78 bits per heavy atom. The number of carbonyl (C=O) groups is 1. The maximum atomic E-state index is 12.1. The average Bonchev–Trinajstić information content (AvgIpc) is 2.39. The normalized spacial score (nSPS) is 27.9. The Labute approximate surface area is 108 Å². The minimum atomic E-state index is -0.358. The fourth-order valence-corrected chi connectivity index (χ4v) is 2.76. The largest absolute Gasteiger partial charge is 0.391 e. The number of urea groups is 1. The van der Waals surface area contributed by atoms with Gasteiger partial charge in [0.25, 0.3) is 0 Å². The quantitative estimate of drug-likeness (QED) is 0.774. The number of amides is 2. The van der Waals surface area contributed by atoms with Crippen LogP contribution in [0.25, 0.3) is 0 Å². The molecule has 2 amide bonds. The summed E-state index contributed by atoms with van der Waals surface area (Å²) >= 11 is 0. The number of rotatable bonds is 2. The van der Waals surface area contributed by atoms with Gasteiger partial charge < -0.3 is 20.1 Å². The van der Waals surface area contributed by atoms with E-state index >= 15 is 0 Å². The molecule has 0 spiro atoms. The second kappa shape index (κ2) is 6.38. The number of nitrogens with zero attached hydrogens (tertiary/aromatic N) is 1. The van der Waals surface area contributed by atoms with E-state index < -0.39 is 0 Å². The van der Waals surface area contributed by atoms with E-state index in [1.165, 1.54) is 0 Å². The van der Waals surface area contributed by atoms with Crippen LogP contribution in [0, 0.1) is 5.92 Å². The third kappa shape index (κ3) is 3.59. The fourth-order valence-electron chi connectivity index (χ4n) is 2.76. The van der Waals surface area contributed by atoms with E-state index in [9.17, 15) is 9.90 Å². The van der Waals surface area contributed by atoms with Crippen LogP contribution in [0.1, 0.15) is 32.6 Å². The highest BCUT2D eigenvalue weighted by Gasteiger charge is 2.26. The lowest BCUT2D eigenvalue weighted by atomic mass is 9.93. The number of likely N-dealkylation sites (tertiary alicyclic amines) is 1. The zero-order valence-corrected chi connectivity index (χ0v) is 11.1. The molecule has 2 N–H and O–H groups in total.